The van der Waals surface area contributed by atoms with E-state index >= 15 is 0 Å². The van der Waals surface area contributed by atoms with Gasteiger partial charge in [-0.05, 0) is 53.7 Å². The number of oxazole rings is 1. The number of benzene rings is 3. The maximum atomic E-state index is 14.0. The first kappa shape index (κ1) is 17.6. The Morgan fingerprint density at radius 3 is 2.44 bits per heavy atom. The minimum atomic E-state index is -4.37. The van der Waals surface area contributed by atoms with Crippen molar-refractivity contribution in [2.75, 3.05) is 0 Å². The van der Waals surface area contributed by atoms with E-state index in [0.29, 0.717) is 27.8 Å². The highest BCUT2D eigenvalue weighted by molar-refractivity contribution is 8.00. The average Bonchev–Trinajstić information content (AvgIpc) is 3.04. The summed E-state index contributed by atoms with van der Waals surface area (Å²) in [6, 6.07) is 17.3. The highest BCUT2D eigenvalue weighted by Crippen LogP contribution is 2.38. The second-order valence-corrected chi connectivity index (χ2v) is 6.90. The van der Waals surface area contributed by atoms with Crippen LogP contribution < -0.4 is 0 Å². The van der Waals surface area contributed by atoms with E-state index in [2.05, 4.69) is 4.98 Å². The van der Waals surface area contributed by atoms with Crippen LogP contribution in [0.3, 0.4) is 0 Å². The van der Waals surface area contributed by atoms with Gasteiger partial charge in [-0.2, -0.15) is 13.2 Å². The van der Waals surface area contributed by atoms with Gasteiger partial charge in [-0.1, -0.05) is 30.3 Å². The molecule has 0 aliphatic heterocycles. The summed E-state index contributed by atoms with van der Waals surface area (Å²) >= 11 is -0.193. The molecule has 1 aromatic heterocycles. The Balaban J connectivity index is 1.72. The van der Waals surface area contributed by atoms with Crippen LogP contribution in [-0.4, -0.2) is 10.5 Å². The summed E-state index contributed by atoms with van der Waals surface area (Å²) in [7, 11) is 0. The number of hydrogen-bond acceptors (Lipinski definition) is 3. The quantitative estimate of drug-likeness (QED) is 0.281. The minimum Gasteiger partial charge on any atom is -0.436 e. The van der Waals surface area contributed by atoms with Crippen molar-refractivity contribution in [1.82, 2.24) is 4.98 Å². The summed E-state index contributed by atoms with van der Waals surface area (Å²) in [5, 5.41) is 0. The predicted octanol–water partition coefficient (Wildman–Crippen LogP) is 6.91. The van der Waals surface area contributed by atoms with Crippen LogP contribution in [0.1, 0.15) is 0 Å². The molecule has 1 heterocycles. The number of alkyl halides is 3. The maximum Gasteiger partial charge on any atom is 0.446 e. The Hall–Kier alpha value is -2.80. The number of fused-ring (bicyclic) bond motifs is 1. The Morgan fingerprint density at radius 1 is 0.852 bits per heavy atom. The largest absolute Gasteiger partial charge is 0.446 e. The molecule has 4 rings (SSSR count). The second-order valence-electron chi connectivity index (χ2n) is 5.76. The van der Waals surface area contributed by atoms with Crippen molar-refractivity contribution in [2.24, 2.45) is 0 Å². The molecule has 27 heavy (non-hydrogen) atoms. The van der Waals surface area contributed by atoms with Gasteiger partial charge in [-0.3, -0.25) is 0 Å². The number of rotatable bonds is 3. The lowest BCUT2D eigenvalue weighted by atomic mass is 10.1. The zero-order valence-corrected chi connectivity index (χ0v) is 14.4. The lowest BCUT2D eigenvalue weighted by molar-refractivity contribution is -0.0328. The van der Waals surface area contributed by atoms with E-state index in [9.17, 15) is 17.6 Å². The molecule has 0 aliphatic carbocycles. The third-order valence-corrected chi connectivity index (χ3v) is 4.61. The van der Waals surface area contributed by atoms with Gasteiger partial charge in [0.1, 0.15) is 11.3 Å². The molecule has 0 radical (unpaired) electrons. The number of aromatic nitrogens is 1. The number of nitrogens with zero attached hydrogens (tertiary/aromatic N) is 1. The van der Waals surface area contributed by atoms with Crippen molar-refractivity contribution in [2.45, 2.75) is 10.4 Å². The van der Waals surface area contributed by atoms with Crippen molar-refractivity contribution >= 4 is 22.9 Å². The van der Waals surface area contributed by atoms with Crippen LogP contribution >= 0.6 is 11.8 Å². The van der Waals surface area contributed by atoms with Gasteiger partial charge < -0.3 is 4.42 Å². The topological polar surface area (TPSA) is 26.0 Å². The fraction of sp³-hybridized carbons (Fsp3) is 0.0500. The van der Waals surface area contributed by atoms with E-state index in [0.717, 1.165) is 0 Å². The van der Waals surface area contributed by atoms with E-state index in [4.69, 9.17) is 4.42 Å². The van der Waals surface area contributed by atoms with E-state index in [1.54, 1.807) is 42.5 Å². The van der Waals surface area contributed by atoms with Gasteiger partial charge in [0.2, 0.25) is 5.89 Å². The second kappa shape index (κ2) is 6.74. The summed E-state index contributed by atoms with van der Waals surface area (Å²) in [4.78, 5) is 4.38. The van der Waals surface area contributed by atoms with Crippen LogP contribution in [0.25, 0.3) is 33.7 Å². The third-order valence-electron chi connectivity index (χ3n) is 3.89. The molecular weight excluding hydrogens is 378 g/mol. The normalized spacial score (nSPS) is 11.9. The molecule has 2 nitrogen and oxygen atoms in total. The van der Waals surface area contributed by atoms with Gasteiger partial charge in [-0.15, -0.1) is 0 Å². The van der Waals surface area contributed by atoms with Crippen LogP contribution in [0, 0.1) is 5.82 Å². The van der Waals surface area contributed by atoms with Crippen molar-refractivity contribution in [3.05, 3.63) is 72.5 Å². The molecule has 136 valence electrons. The molecule has 0 aliphatic rings. The van der Waals surface area contributed by atoms with E-state index in [1.807, 2.05) is 0 Å². The lowest BCUT2D eigenvalue weighted by Crippen LogP contribution is -1.98. The first-order valence-corrected chi connectivity index (χ1v) is 8.72. The summed E-state index contributed by atoms with van der Waals surface area (Å²) in [6.45, 7) is 0. The fourth-order valence-electron chi connectivity index (χ4n) is 2.74. The molecule has 0 atom stereocenters. The predicted molar refractivity (Wildman–Crippen MR) is 96.8 cm³/mol. The molecule has 0 unspecified atom stereocenters. The molecule has 0 bridgehead atoms. The molecule has 0 saturated carbocycles. The smallest absolute Gasteiger partial charge is 0.436 e. The van der Waals surface area contributed by atoms with Crippen LogP contribution in [0.2, 0.25) is 0 Å². The lowest BCUT2D eigenvalue weighted by Gasteiger charge is -2.05. The highest BCUT2D eigenvalue weighted by atomic mass is 32.2. The zero-order chi connectivity index (χ0) is 19.0. The van der Waals surface area contributed by atoms with Crippen LogP contribution in [0.4, 0.5) is 17.6 Å². The minimum absolute atomic E-state index is 0.0503. The van der Waals surface area contributed by atoms with E-state index in [1.165, 1.54) is 24.3 Å². The molecule has 0 amide bonds. The molecule has 3 aromatic carbocycles. The van der Waals surface area contributed by atoms with Gasteiger partial charge in [-0.25, -0.2) is 9.37 Å². The van der Waals surface area contributed by atoms with Crippen LogP contribution in [0.15, 0.2) is 76.0 Å². The molecule has 0 spiro atoms. The van der Waals surface area contributed by atoms with Crippen LogP contribution in [-0.2, 0) is 0 Å². The van der Waals surface area contributed by atoms with Gasteiger partial charge in [0.25, 0.3) is 0 Å². The standard InChI is InChI=1S/C20H11F4NOS/c21-16-7-2-1-6-15(16)12-8-9-17-18(11-12)26-19(25-17)13-4-3-5-14(10-13)27-20(22,23)24/h1-11H. The molecule has 7 heteroatoms. The number of thioether (sulfide) groups is 1. The molecule has 0 saturated heterocycles. The van der Waals surface area contributed by atoms with Crippen molar-refractivity contribution < 1.29 is 22.0 Å². The van der Waals surface area contributed by atoms with Gasteiger partial charge in [0, 0.05) is 16.0 Å². The SMILES string of the molecule is Fc1ccccc1-c1ccc2nc(-c3cccc(SC(F)(F)F)c3)oc2c1. The number of halogens is 4. The Morgan fingerprint density at radius 2 is 1.67 bits per heavy atom. The van der Waals surface area contributed by atoms with Crippen molar-refractivity contribution in [3.63, 3.8) is 0 Å². The van der Waals surface area contributed by atoms with E-state index < -0.39 is 5.51 Å². The maximum absolute atomic E-state index is 14.0. The first-order valence-electron chi connectivity index (χ1n) is 7.91. The zero-order valence-electron chi connectivity index (χ0n) is 13.6. The Labute approximate surface area is 155 Å². The summed E-state index contributed by atoms with van der Waals surface area (Å²) in [5.41, 5.74) is -1.90. The van der Waals surface area contributed by atoms with Gasteiger partial charge in [0.05, 0.1) is 0 Å². The van der Waals surface area contributed by atoms with Crippen molar-refractivity contribution in [1.29, 1.82) is 0 Å². The van der Waals surface area contributed by atoms with Gasteiger partial charge >= 0.3 is 5.51 Å². The molecule has 0 fully saturated rings. The average molecular weight is 389 g/mol. The Kier molecular flexibility index (Phi) is 4.39. The highest BCUT2D eigenvalue weighted by Gasteiger charge is 2.29. The van der Waals surface area contributed by atoms with Gasteiger partial charge in [0.15, 0.2) is 5.58 Å². The van der Waals surface area contributed by atoms with Crippen molar-refractivity contribution in [3.8, 4) is 22.6 Å². The molecular formula is C20H11F4NOS. The van der Waals surface area contributed by atoms with E-state index in [-0.39, 0.29) is 28.4 Å². The Bertz CT molecular complexity index is 1120. The summed E-state index contributed by atoms with van der Waals surface area (Å²) in [6.07, 6.45) is 0. The molecule has 4 aromatic rings. The molecule has 0 N–H and O–H groups in total. The van der Waals surface area contributed by atoms with Crippen LogP contribution in [0.5, 0.6) is 0 Å². The fourth-order valence-corrected chi connectivity index (χ4v) is 3.34. The monoisotopic (exact) mass is 389 g/mol. The first-order chi connectivity index (χ1) is 12.9. The third kappa shape index (κ3) is 3.83. The summed E-state index contributed by atoms with van der Waals surface area (Å²) < 4.78 is 57.4. The summed E-state index contributed by atoms with van der Waals surface area (Å²) in [5.74, 6) is -0.145. The number of hydrogen-bond donors (Lipinski definition) is 0.